The van der Waals surface area contributed by atoms with E-state index in [0.717, 1.165) is 30.4 Å². The van der Waals surface area contributed by atoms with Crippen LogP contribution in [0, 0.1) is 12.8 Å². The van der Waals surface area contributed by atoms with Crippen molar-refractivity contribution in [3.8, 4) is 5.75 Å². The maximum Gasteiger partial charge on any atom is 0.341 e. The fourth-order valence-corrected chi connectivity index (χ4v) is 4.84. The second kappa shape index (κ2) is 7.63. The maximum atomic E-state index is 12.3. The van der Waals surface area contributed by atoms with Crippen LogP contribution in [-0.2, 0) is 17.6 Å². The minimum absolute atomic E-state index is 0.118. The van der Waals surface area contributed by atoms with Crippen LogP contribution < -0.4 is 10.6 Å². The molecule has 1 heterocycles. The zero-order valence-corrected chi connectivity index (χ0v) is 16.6. The number of methoxy groups -OCH3 is 1. The molecule has 1 aromatic heterocycles. The second-order valence-corrected chi connectivity index (χ2v) is 8.16. The average Bonchev–Trinajstić information content (AvgIpc) is 2.94. The molecule has 1 aromatic carbocycles. The maximum absolute atomic E-state index is 12.3. The number of thiophene rings is 1. The number of phenolic OH excluding ortho intramolecular Hbond substituents is 1. The number of carbonyl (C=O) groups excluding carboxylic acids is 1. The summed E-state index contributed by atoms with van der Waals surface area (Å²) in [6.45, 7) is 4.16. The van der Waals surface area contributed by atoms with E-state index in [9.17, 15) is 9.90 Å². The van der Waals surface area contributed by atoms with Gasteiger partial charge in [0.15, 0.2) is 5.11 Å². The number of fused-ring (bicyclic) bond motifs is 1. The van der Waals surface area contributed by atoms with Gasteiger partial charge in [-0.15, -0.1) is 11.3 Å². The number of anilines is 2. The highest BCUT2D eigenvalue weighted by Crippen LogP contribution is 2.40. The first kappa shape index (κ1) is 18.7. The molecule has 3 N–H and O–H groups in total. The van der Waals surface area contributed by atoms with Crippen molar-refractivity contribution in [1.82, 2.24) is 0 Å². The summed E-state index contributed by atoms with van der Waals surface area (Å²) in [7, 11) is 1.39. The van der Waals surface area contributed by atoms with Crippen LogP contribution in [0.1, 0.15) is 39.7 Å². The lowest BCUT2D eigenvalue weighted by Crippen LogP contribution is -2.20. The molecule has 1 aliphatic rings. The topological polar surface area (TPSA) is 70.6 Å². The van der Waals surface area contributed by atoms with E-state index in [0.29, 0.717) is 27.3 Å². The predicted molar refractivity (Wildman–Crippen MR) is 110 cm³/mol. The zero-order chi connectivity index (χ0) is 18.8. The van der Waals surface area contributed by atoms with Crippen molar-refractivity contribution in [3.63, 3.8) is 0 Å². The van der Waals surface area contributed by atoms with Crippen LogP contribution in [-0.4, -0.2) is 23.3 Å². The lowest BCUT2D eigenvalue weighted by molar-refractivity contribution is 0.0601. The van der Waals surface area contributed by atoms with Gasteiger partial charge in [0.2, 0.25) is 0 Å². The standard InChI is InChI=1S/C19H22N2O3S2/c1-10-5-7-14(22)13(8-10)20-19(25)21-17-16(18(23)24-3)12-6-4-11(2)9-15(12)26-17/h5,7-8,11,22H,4,6,9H2,1-3H3,(H2,20,21,25)/t11-/m1/s1. The third-order valence-corrected chi connectivity index (χ3v) is 5.90. The number of aryl methyl sites for hydroxylation is 1. The first-order valence-electron chi connectivity index (χ1n) is 8.49. The molecule has 0 saturated carbocycles. The van der Waals surface area contributed by atoms with E-state index < -0.39 is 0 Å². The summed E-state index contributed by atoms with van der Waals surface area (Å²) >= 11 is 6.94. The van der Waals surface area contributed by atoms with E-state index >= 15 is 0 Å². The van der Waals surface area contributed by atoms with E-state index in [4.69, 9.17) is 17.0 Å². The number of hydrogen-bond acceptors (Lipinski definition) is 5. The Morgan fingerprint density at radius 3 is 2.88 bits per heavy atom. The van der Waals surface area contributed by atoms with Crippen molar-refractivity contribution < 1.29 is 14.6 Å². The van der Waals surface area contributed by atoms with Crippen LogP contribution in [0.4, 0.5) is 10.7 Å². The smallest absolute Gasteiger partial charge is 0.341 e. The highest BCUT2D eigenvalue weighted by atomic mass is 32.1. The normalized spacial score (nSPS) is 15.9. The molecule has 0 saturated heterocycles. The number of esters is 1. The third-order valence-electron chi connectivity index (χ3n) is 4.53. The van der Waals surface area contributed by atoms with Crippen LogP contribution in [0.5, 0.6) is 5.75 Å². The molecule has 0 fully saturated rings. The molecule has 5 nitrogen and oxygen atoms in total. The summed E-state index contributed by atoms with van der Waals surface area (Å²) in [5.41, 5.74) is 3.18. The number of ether oxygens (including phenoxy) is 1. The molecular formula is C19H22N2O3S2. The lowest BCUT2D eigenvalue weighted by Gasteiger charge is -2.18. The molecular weight excluding hydrogens is 368 g/mol. The van der Waals surface area contributed by atoms with E-state index in [-0.39, 0.29) is 11.7 Å². The Kier molecular flexibility index (Phi) is 5.48. The van der Waals surface area contributed by atoms with Gasteiger partial charge >= 0.3 is 5.97 Å². The van der Waals surface area contributed by atoms with Gasteiger partial charge in [-0.2, -0.15) is 0 Å². The monoisotopic (exact) mass is 390 g/mol. The van der Waals surface area contributed by atoms with Crippen LogP contribution >= 0.6 is 23.6 Å². The van der Waals surface area contributed by atoms with Crippen molar-refractivity contribution in [1.29, 1.82) is 0 Å². The minimum atomic E-state index is -0.347. The third kappa shape index (κ3) is 3.83. The molecule has 1 atom stereocenters. The molecule has 0 spiro atoms. The Morgan fingerprint density at radius 1 is 1.38 bits per heavy atom. The summed E-state index contributed by atoms with van der Waals surface area (Å²) < 4.78 is 4.99. The summed E-state index contributed by atoms with van der Waals surface area (Å²) in [5.74, 6) is 0.377. The van der Waals surface area contributed by atoms with Crippen LogP contribution in [0.2, 0.25) is 0 Å². The highest BCUT2D eigenvalue weighted by molar-refractivity contribution is 7.80. The lowest BCUT2D eigenvalue weighted by atomic mass is 9.88. The summed E-state index contributed by atoms with van der Waals surface area (Å²) in [6, 6.07) is 5.25. The molecule has 26 heavy (non-hydrogen) atoms. The zero-order valence-electron chi connectivity index (χ0n) is 15.0. The van der Waals surface area contributed by atoms with Gasteiger partial charge in [-0.1, -0.05) is 13.0 Å². The van der Waals surface area contributed by atoms with Gasteiger partial charge in [-0.3, -0.25) is 0 Å². The first-order valence-corrected chi connectivity index (χ1v) is 9.72. The fraction of sp³-hybridized carbons (Fsp3) is 0.368. The van der Waals surface area contributed by atoms with E-state index in [1.54, 1.807) is 17.4 Å². The molecule has 7 heteroatoms. The molecule has 0 radical (unpaired) electrons. The Balaban J connectivity index is 1.86. The predicted octanol–water partition coefficient (Wildman–Crippen LogP) is 4.48. The van der Waals surface area contributed by atoms with Crippen molar-refractivity contribution in [3.05, 3.63) is 39.8 Å². The van der Waals surface area contributed by atoms with E-state index in [1.807, 2.05) is 19.1 Å². The fourth-order valence-electron chi connectivity index (χ4n) is 3.16. The second-order valence-electron chi connectivity index (χ2n) is 6.65. The Labute approximate surface area is 162 Å². The molecule has 0 aliphatic heterocycles. The number of rotatable bonds is 3. The van der Waals surface area contributed by atoms with Gasteiger partial charge in [0.05, 0.1) is 18.4 Å². The number of carbonyl (C=O) groups is 1. The molecule has 2 aromatic rings. The van der Waals surface area contributed by atoms with E-state index in [2.05, 4.69) is 17.6 Å². The van der Waals surface area contributed by atoms with Gasteiger partial charge in [-0.05, 0) is 67.6 Å². The van der Waals surface area contributed by atoms with Crippen LogP contribution in [0.3, 0.4) is 0 Å². The number of hydrogen-bond donors (Lipinski definition) is 3. The Hall–Kier alpha value is -2.12. The van der Waals surface area contributed by atoms with Gasteiger partial charge in [-0.25, -0.2) is 4.79 Å². The molecule has 0 unspecified atom stereocenters. The van der Waals surface area contributed by atoms with Crippen molar-refractivity contribution in [2.75, 3.05) is 17.7 Å². The Bertz CT molecular complexity index is 861. The molecule has 0 amide bonds. The number of nitrogens with one attached hydrogen (secondary N) is 2. The quantitative estimate of drug-likeness (QED) is 0.408. The number of benzene rings is 1. The van der Waals surface area contributed by atoms with Crippen LogP contribution in [0.15, 0.2) is 18.2 Å². The molecule has 0 bridgehead atoms. The number of aromatic hydroxyl groups is 1. The molecule has 3 rings (SSSR count). The first-order chi connectivity index (χ1) is 12.4. The average molecular weight is 391 g/mol. The van der Waals surface area contributed by atoms with Crippen LogP contribution in [0.25, 0.3) is 0 Å². The number of phenols is 1. The summed E-state index contributed by atoms with van der Waals surface area (Å²) in [4.78, 5) is 13.5. The Morgan fingerprint density at radius 2 is 2.15 bits per heavy atom. The molecule has 1 aliphatic carbocycles. The number of thiocarbonyl (C=S) groups is 1. The summed E-state index contributed by atoms with van der Waals surface area (Å²) in [6.07, 6.45) is 2.90. The van der Waals surface area contributed by atoms with E-state index in [1.165, 1.54) is 12.0 Å². The summed E-state index contributed by atoms with van der Waals surface area (Å²) in [5, 5.41) is 17.1. The SMILES string of the molecule is COC(=O)c1c(NC(=S)Nc2cc(C)ccc2O)sc2c1CC[C@@H](C)C2. The van der Waals surface area contributed by atoms with Gasteiger partial charge in [0.25, 0.3) is 0 Å². The van der Waals surface area contributed by atoms with Crippen molar-refractivity contribution in [2.45, 2.75) is 33.1 Å². The van der Waals surface area contributed by atoms with Gasteiger partial charge < -0.3 is 20.5 Å². The van der Waals surface area contributed by atoms with Gasteiger partial charge in [0, 0.05) is 4.88 Å². The van der Waals surface area contributed by atoms with Gasteiger partial charge in [0.1, 0.15) is 10.8 Å². The minimum Gasteiger partial charge on any atom is -0.506 e. The van der Waals surface area contributed by atoms with Crippen molar-refractivity contribution >= 4 is 45.3 Å². The largest absolute Gasteiger partial charge is 0.506 e. The highest BCUT2D eigenvalue weighted by Gasteiger charge is 2.28. The van der Waals surface area contributed by atoms with Crippen molar-refractivity contribution in [2.24, 2.45) is 5.92 Å². The molecule has 138 valence electrons.